The van der Waals surface area contributed by atoms with E-state index in [1.165, 1.54) is 0 Å². The van der Waals surface area contributed by atoms with Crippen LogP contribution < -0.4 is 14.9 Å². The number of piperidine rings is 1. The molecule has 1 fully saturated rings. The molecule has 0 spiro atoms. The summed E-state index contributed by atoms with van der Waals surface area (Å²) in [5.74, 6) is 0.876. The number of rotatable bonds is 6. The van der Waals surface area contributed by atoms with Crippen LogP contribution in [0, 0.1) is 11.8 Å². The van der Waals surface area contributed by atoms with Crippen molar-refractivity contribution in [1.82, 2.24) is 5.32 Å². The van der Waals surface area contributed by atoms with Gasteiger partial charge >= 0.3 is 0 Å². The molecular formula is C18H29N3O3S. The van der Waals surface area contributed by atoms with Gasteiger partial charge < -0.3 is 10.2 Å². The zero-order valence-corrected chi connectivity index (χ0v) is 16.3. The number of hydrogen-bond acceptors (Lipinski definition) is 4. The number of anilines is 2. The van der Waals surface area contributed by atoms with Crippen molar-refractivity contribution in [3.05, 3.63) is 23.8 Å². The molecule has 6 nitrogen and oxygen atoms in total. The van der Waals surface area contributed by atoms with E-state index >= 15 is 0 Å². The molecule has 1 saturated heterocycles. The van der Waals surface area contributed by atoms with Crippen molar-refractivity contribution in [3.63, 3.8) is 0 Å². The van der Waals surface area contributed by atoms with E-state index in [-0.39, 0.29) is 5.91 Å². The van der Waals surface area contributed by atoms with E-state index in [2.05, 4.69) is 21.9 Å². The fourth-order valence-corrected chi connectivity index (χ4v) is 3.47. The number of carbonyl (C=O) groups excluding carboxylic acids is 1. The minimum atomic E-state index is -3.39. The lowest BCUT2D eigenvalue weighted by Crippen LogP contribution is -2.35. The number of benzene rings is 1. The highest BCUT2D eigenvalue weighted by Crippen LogP contribution is 2.29. The molecule has 140 valence electrons. The number of carbonyl (C=O) groups is 1. The van der Waals surface area contributed by atoms with Gasteiger partial charge in [-0.05, 0) is 42.9 Å². The first kappa shape index (κ1) is 19.6. The summed E-state index contributed by atoms with van der Waals surface area (Å²) in [4.78, 5) is 14.9. The Balaban J connectivity index is 2.31. The summed E-state index contributed by atoms with van der Waals surface area (Å²) in [6.45, 7) is 8.71. The van der Waals surface area contributed by atoms with E-state index in [4.69, 9.17) is 0 Å². The molecule has 0 saturated carbocycles. The van der Waals surface area contributed by atoms with Crippen molar-refractivity contribution in [1.29, 1.82) is 0 Å². The summed E-state index contributed by atoms with van der Waals surface area (Å²) in [5.41, 5.74) is 1.79. The average molecular weight is 368 g/mol. The molecule has 2 rings (SSSR count). The molecule has 1 heterocycles. The smallest absolute Gasteiger partial charge is 0.253 e. The van der Waals surface area contributed by atoms with Gasteiger partial charge in [-0.15, -0.1) is 0 Å². The molecule has 2 N–H and O–H groups in total. The molecule has 0 radical (unpaired) electrons. The highest BCUT2D eigenvalue weighted by atomic mass is 32.2. The number of nitrogens with one attached hydrogen (secondary N) is 2. The van der Waals surface area contributed by atoms with Gasteiger partial charge in [0.15, 0.2) is 0 Å². The van der Waals surface area contributed by atoms with Crippen LogP contribution in [0.4, 0.5) is 11.4 Å². The highest BCUT2D eigenvalue weighted by molar-refractivity contribution is 7.92. The summed E-state index contributed by atoms with van der Waals surface area (Å²) in [6.07, 6.45) is 3.29. The molecule has 25 heavy (non-hydrogen) atoms. The quantitative estimate of drug-likeness (QED) is 0.810. The van der Waals surface area contributed by atoms with Gasteiger partial charge in [-0.25, -0.2) is 8.42 Å². The second-order valence-electron chi connectivity index (χ2n) is 7.38. The average Bonchev–Trinajstić information content (AvgIpc) is 2.52. The van der Waals surface area contributed by atoms with Crippen molar-refractivity contribution < 1.29 is 13.2 Å². The van der Waals surface area contributed by atoms with Gasteiger partial charge in [0.2, 0.25) is 10.0 Å². The Morgan fingerprint density at radius 1 is 1.28 bits per heavy atom. The Kier molecular flexibility index (Phi) is 6.32. The predicted molar refractivity (Wildman–Crippen MR) is 103 cm³/mol. The summed E-state index contributed by atoms with van der Waals surface area (Å²) in [6, 6.07) is 5.19. The van der Waals surface area contributed by atoms with Crippen LogP contribution in [0.2, 0.25) is 0 Å². The zero-order chi connectivity index (χ0) is 18.6. The van der Waals surface area contributed by atoms with Gasteiger partial charge in [-0.2, -0.15) is 0 Å². The van der Waals surface area contributed by atoms with E-state index in [1.54, 1.807) is 12.1 Å². The predicted octanol–water partition coefficient (Wildman–Crippen LogP) is 2.68. The van der Waals surface area contributed by atoms with Crippen molar-refractivity contribution in [2.45, 2.75) is 33.6 Å². The van der Waals surface area contributed by atoms with E-state index in [0.29, 0.717) is 29.6 Å². The van der Waals surface area contributed by atoms with E-state index < -0.39 is 10.0 Å². The number of amides is 1. The molecule has 1 aromatic carbocycles. The number of sulfonamides is 1. The van der Waals surface area contributed by atoms with Crippen LogP contribution in [0.5, 0.6) is 0 Å². The molecule has 0 atom stereocenters. The Morgan fingerprint density at radius 3 is 2.48 bits per heavy atom. The third-order valence-electron chi connectivity index (χ3n) is 4.34. The standard InChI is InChI=1S/C18H29N3O3S/c1-13(2)12-19-18(22)16-11-15(20-25(4,23)24)5-6-17(16)21-9-7-14(3)8-10-21/h5-6,11,13-14,20H,7-10,12H2,1-4H3,(H,19,22). The lowest BCUT2D eigenvalue weighted by atomic mass is 9.98. The van der Waals surface area contributed by atoms with Crippen LogP contribution in [0.25, 0.3) is 0 Å². The minimum absolute atomic E-state index is 0.167. The first-order chi connectivity index (χ1) is 11.7. The van der Waals surface area contributed by atoms with Crippen LogP contribution in [0.1, 0.15) is 44.0 Å². The molecular weight excluding hydrogens is 338 g/mol. The summed E-state index contributed by atoms with van der Waals surface area (Å²) >= 11 is 0. The number of nitrogens with zero attached hydrogens (tertiary/aromatic N) is 1. The molecule has 1 amide bonds. The Morgan fingerprint density at radius 2 is 1.92 bits per heavy atom. The molecule has 1 aliphatic heterocycles. The monoisotopic (exact) mass is 367 g/mol. The maximum Gasteiger partial charge on any atom is 0.253 e. The summed E-state index contributed by atoms with van der Waals surface area (Å²) in [7, 11) is -3.39. The molecule has 7 heteroatoms. The second-order valence-corrected chi connectivity index (χ2v) is 9.13. The third kappa shape index (κ3) is 5.92. The third-order valence-corrected chi connectivity index (χ3v) is 4.95. The second kappa shape index (κ2) is 8.08. The molecule has 1 aromatic rings. The van der Waals surface area contributed by atoms with Crippen molar-refractivity contribution in [2.75, 3.05) is 35.5 Å². The van der Waals surface area contributed by atoms with Crippen LogP contribution in [-0.2, 0) is 10.0 Å². The molecule has 0 aromatic heterocycles. The normalized spacial score (nSPS) is 16.1. The van der Waals surface area contributed by atoms with Gasteiger partial charge in [0.25, 0.3) is 5.91 Å². The fraction of sp³-hybridized carbons (Fsp3) is 0.611. The van der Waals surface area contributed by atoms with Crippen molar-refractivity contribution >= 4 is 27.3 Å². The van der Waals surface area contributed by atoms with Crippen molar-refractivity contribution in [3.8, 4) is 0 Å². The van der Waals surface area contributed by atoms with Crippen LogP contribution in [0.3, 0.4) is 0 Å². The van der Waals surface area contributed by atoms with E-state index in [1.807, 2.05) is 19.9 Å². The van der Waals surface area contributed by atoms with Gasteiger partial charge in [0.05, 0.1) is 11.8 Å². The zero-order valence-electron chi connectivity index (χ0n) is 15.5. The van der Waals surface area contributed by atoms with Crippen LogP contribution in [-0.4, -0.2) is 40.2 Å². The summed E-state index contributed by atoms with van der Waals surface area (Å²) in [5, 5.41) is 2.93. The fourth-order valence-electron chi connectivity index (χ4n) is 2.91. The van der Waals surface area contributed by atoms with Gasteiger partial charge in [-0.1, -0.05) is 20.8 Å². The Labute approximate surface area is 151 Å². The SMILES string of the molecule is CC(C)CNC(=O)c1cc(NS(C)(=O)=O)ccc1N1CCC(C)CC1. The topological polar surface area (TPSA) is 78.5 Å². The van der Waals surface area contributed by atoms with Crippen LogP contribution in [0.15, 0.2) is 18.2 Å². The van der Waals surface area contributed by atoms with Crippen LogP contribution >= 0.6 is 0 Å². The van der Waals surface area contributed by atoms with E-state index in [0.717, 1.165) is 37.9 Å². The highest BCUT2D eigenvalue weighted by Gasteiger charge is 2.22. The maximum atomic E-state index is 12.7. The Bertz CT molecular complexity index is 708. The van der Waals surface area contributed by atoms with Gasteiger partial charge in [-0.3, -0.25) is 9.52 Å². The lowest BCUT2D eigenvalue weighted by molar-refractivity contribution is 0.0949. The minimum Gasteiger partial charge on any atom is -0.371 e. The molecule has 1 aliphatic rings. The van der Waals surface area contributed by atoms with E-state index in [9.17, 15) is 13.2 Å². The first-order valence-electron chi connectivity index (χ1n) is 8.80. The largest absolute Gasteiger partial charge is 0.371 e. The molecule has 0 bridgehead atoms. The maximum absolute atomic E-state index is 12.7. The first-order valence-corrected chi connectivity index (χ1v) is 10.7. The Hall–Kier alpha value is -1.76. The van der Waals surface area contributed by atoms with Gasteiger partial charge in [0, 0.05) is 31.0 Å². The molecule has 0 aliphatic carbocycles. The molecule has 0 unspecified atom stereocenters. The lowest BCUT2D eigenvalue weighted by Gasteiger charge is -2.33. The summed E-state index contributed by atoms with van der Waals surface area (Å²) < 4.78 is 25.4. The number of hydrogen-bond donors (Lipinski definition) is 2. The van der Waals surface area contributed by atoms with Crippen molar-refractivity contribution in [2.24, 2.45) is 11.8 Å². The van der Waals surface area contributed by atoms with Gasteiger partial charge in [0.1, 0.15) is 0 Å².